The molecular weight excluding hydrogens is 236 g/mol. The van der Waals surface area contributed by atoms with Gasteiger partial charge in [0.1, 0.15) is 0 Å². The maximum absolute atomic E-state index is 11.5. The third-order valence-electron chi connectivity index (χ3n) is 3.13. The molecule has 1 heterocycles. The molecule has 1 aliphatic heterocycles. The first-order valence-corrected chi connectivity index (χ1v) is 6.31. The molecule has 0 aromatic rings. The monoisotopic (exact) mass is 258 g/mol. The van der Waals surface area contributed by atoms with Crippen LogP contribution in [0.3, 0.4) is 0 Å². The second-order valence-corrected chi connectivity index (χ2v) is 4.66. The van der Waals surface area contributed by atoms with Gasteiger partial charge in [-0.1, -0.05) is 0 Å². The fraction of sp³-hybridized carbons (Fsp3) is 0.833. The number of carbonyl (C=O) groups is 2. The summed E-state index contributed by atoms with van der Waals surface area (Å²) >= 11 is 0. The van der Waals surface area contributed by atoms with E-state index in [1.54, 1.807) is 7.11 Å². The number of hydrogen-bond acceptors (Lipinski definition) is 4. The highest BCUT2D eigenvalue weighted by molar-refractivity contribution is 5.78. The maximum Gasteiger partial charge on any atom is 0.303 e. The predicted molar refractivity (Wildman–Crippen MR) is 66.3 cm³/mol. The number of nitrogens with zero attached hydrogens (tertiary/aromatic N) is 1. The van der Waals surface area contributed by atoms with Crippen molar-refractivity contribution in [3.8, 4) is 0 Å². The fourth-order valence-corrected chi connectivity index (χ4v) is 2.17. The molecule has 0 saturated carbocycles. The lowest BCUT2D eigenvalue weighted by atomic mass is 10.0. The zero-order valence-corrected chi connectivity index (χ0v) is 10.9. The number of carboxylic acid groups (broad SMARTS) is 1. The Morgan fingerprint density at radius 3 is 2.94 bits per heavy atom. The number of amides is 1. The minimum atomic E-state index is -0.745. The van der Waals surface area contributed by atoms with E-state index < -0.39 is 5.97 Å². The van der Waals surface area contributed by atoms with Gasteiger partial charge in [0.2, 0.25) is 5.91 Å². The Morgan fingerprint density at radius 2 is 2.28 bits per heavy atom. The number of carbonyl (C=O) groups excluding carboxylic acids is 1. The van der Waals surface area contributed by atoms with Crippen LogP contribution in [0.2, 0.25) is 0 Å². The van der Waals surface area contributed by atoms with Crippen LogP contribution in [0.1, 0.15) is 19.3 Å². The third-order valence-corrected chi connectivity index (χ3v) is 3.13. The van der Waals surface area contributed by atoms with Gasteiger partial charge in [0, 0.05) is 26.6 Å². The predicted octanol–water partition coefficient (Wildman–Crippen LogP) is -0.0643. The van der Waals surface area contributed by atoms with E-state index >= 15 is 0 Å². The summed E-state index contributed by atoms with van der Waals surface area (Å²) in [5.74, 6) is -0.329. The summed E-state index contributed by atoms with van der Waals surface area (Å²) < 4.78 is 4.85. The molecule has 1 aliphatic rings. The van der Waals surface area contributed by atoms with E-state index in [0.717, 1.165) is 19.5 Å². The largest absolute Gasteiger partial charge is 0.481 e. The standard InChI is InChI=1S/C12H22N2O4/c1-18-7-5-13-11(15)9-14-6-4-10(8-14)2-3-12(16)17/h10H,2-9H2,1H3,(H,13,15)(H,16,17). The molecule has 104 valence electrons. The number of nitrogens with one attached hydrogen (secondary N) is 1. The molecule has 0 aromatic heterocycles. The van der Waals surface area contributed by atoms with E-state index in [1.807, 2.05) is 0 Å². The highest BCUT2D eigenvalue weighted by atomic mass is 16.5. The smallest absolute Gasteiger partial charge is 0.303 e. The Balaban J connectivity index is 2.13. The van der Waals surface area contributed by atoms with Crippen molar-refractivity contribution in [1.82, 2.24) is 10.2 Å². The van der Waals surface area contributed by atoms with E-state index in [1.165, 1.54) is 0 Å². The zero-order chi connectivity index (χ0) is 13.4. The van der Waals surface area contributed by atoms with E-state index in [-0.39, 0.29) is 12.3 Å². The molecule has 18 heavy (non-hydrogen) atoms. The van der Waals surface area contributed by atoms with Gasteiger partial charge in [-0.05, 0) is 25.3 Å². The number of likely N-dealkylation sites (tertiary alicyclic amines) is 1. The Labute approximate surface area is 107 Å². The molecule has 6 heteroatoms. The SMILES string of the molecule is COCCNC(=O)CN1CCC(CCC(=O)O)C1. The van der Waals surface area contributed by atoms with Crippen molar-refractivity contribution in [2.75, 3.05) is 39.9 Å². The lowest BCUT2D eigenvalue weighted by Crippen LogP contribution is -2.37. The van der Waals surface area contributed by atoms with E-state index in [2.05, 4.69) is 10.2 Å². The van der Waals surface area contributed by atoms with Crippen molar-refractivity contribution in [2.45, 2.75) is 19.3 Å². The number of hydrogen-bond donors (Lipinski definition) is 2. The summed E-state index contributed by atoms with van der Waals surface area (Å²) in [5.41, 5.74) is 0. The summed E-state index contributed by atoms with van der Waals surface area (Å²) in [6.45, 7) is 3.15. The highest BCUT2D eigenvalue weighted by Crippen LogP contribution is 2.20. The summed E-state index contributed by atoms with van der Waals surface area (Å²) in [6, 6.07) is 0. The quantitative estimate of drug-likeness (QED) is 0.596. The molecule has 1 fully saturated rings. The van der Waals surface area contributed by atoms with Crippen LogP contribution in [0.25, 0.3) is 0 Å². The molecule has 2 N–H and O–H groups in total. The Bertz CT molecular complexity index is 283. The summed E-state index contributed by atoms with van der Waals surface area (Å²) in [4.78, 5) is 24.1. The van der Waals surface area contributed by atoms with Crippen LogP contribution >= 0.6 is 0 Å². The molecule has 0 radical (unpaired) electrons. The van der Waals surface area contributed by atoms with Gasteiger partial charge in [-0.3, -0.25) is 14.5 Å². The third kappa shape index (κ3) is 5.97. The number of aliphatic carboxylic acids is 1. The van der Waals surface area contributed by atoms with Crippen LogP contribution in [0.4, 0.5) is 0 Å². The Morgan fingerprint density at radius 1 is 1.50 bits per heavy atom. The van der Waals surface area contributed by atoms with E-state index in [9.17, 15) is 9.59 Å². The van der Waals surface area contributed by atoms with Gasteiger partial charge in [0.15, 0.2) is 0 Å². The van der Waals surface area contributed by atoms with Gasteiger partial charge in [0.25, 0.3) is 0 Å². The average Bonchev–Trinajstić information content (AvgIpc) is 2.74. The highest BCUT2D eigenvalue weighted by Gasteiger charge is 2.24. The first kappa shape index (κ1) is 14.9. The summed E-state index contributed by atoms with van der Waals surface area (Å²) in [5, 5.41) is 11.4. The molecule has 0 bridgehead atoms. The number of ether oxygens (including phenoxy) is 1. The molecule has 0 aromatic carbocycles. The fourth-order valence-electron chi connectivity index (χ4n) is 2.17. The van der Waals surface area contributed by atoms with E-state index in [0.29, 0.717) is 32.0 Å². The van der Waals surface area contributed by atoms with Crippen molar-refractivity contribution in [1.29, 1.82) is 0 Å². The summed E-state index contributed by atoms with van der Waals surface area (Å²) in [6.07, 6.45) is 1.91. The topological polar surface area (TPSA) is 78.9 Å². The maximum atomic E-state index is 11.5. The first-order chi connectivity index (χ1) is 8.61. The molecule has 1 saturated heterocycles. The lowest BCUT2D eigenvalue weighted by Gasteiger charge is -2.15. The lowest BCUT2D eigenvalue weighted by molar-refractivity contribution is -0.137. The van der Waals surface area contributed by atoms with Gasteiger partial charge < -0.3 is 15.2 Å². The minimum absolute atomic E-state index is 0.00549. The van der Waals surface area contributed by atoms with Gasteiger partial charge >= 0.3 is 5.97 Å². The molecule has 0 spiro atoms. The molecule has 1 unspecified atom stereocenters. The van der Waals surface area contributed by atoms with Crippen molar-refractivity contribution in [3.05, 3.63) is 0 Å². The average molecular weight is 258 g/mol. The molecule has 1 amide bonds. The molecule has 0 aliphatic carbocycles. The van der Waals surface area contributed by atoms with Gasteiger partial charge in [-0.2, -0.15) is 0 Å². The normalized spacial score (nSPS) is 19.9. The number of carboxylic acids is 1. The Kier molecular flexibility index (Phi) is 6.67. The van der Waals surface area contributed by atoms with Crippen LogP contribution in [-0.4, -0.2) is 61.8 Å². The van der Waals surface area contributed by atoms with Gasteiger partial charge in [0.05, 0.1) is 13.2 Å². The van der Waals surface area contributed by atoms with Gasteiger partial charge in [-0.25, -0.2) is 0 Å². The van der Waals surface area contributed by atoms with Crippen LogP contribution < -0.4 is 5.32 Å². The molecular formula is C12H22N2O4. The summed E-state index contributed by atoms with van der Waals surface area (Å²) in [7, 11) is 1.60. The van der Waals surface area contributed by atoms with Crippen LogP contribution in [0, 0.1) is 5.92 Å². The Hall–Kier alpha value is -1.14. The number of methoxy groups -OCH3 is 1. The minimum Gasteiger partial charge on any atom is -0.481 e. The van der Waals surface area contributed by atoms with Crippen molar-refractivity contribution in [3.63, 3.8) is 0 Å². The zero-order valence-electron chi connectivity index (χ0n) is 10.9. The van der Waals surface area contributed by atoms with Gasteiger partial charge in [-0.15, -0.1) is 0 Å². The molecule has 6 nitrogen and oxygen atoms in total. The van der Waals surface area contributed by atoms with Crippen molar-refractivity contribution in [2.24, 2.45) is 5.92 Å². The van der Waals surface area contributed by atoms with Crippen LogP contribution in [0.5, 0.6) is 0 Å². The van der Waals surface area contributed by atoms with Crippen LogP contribution in [-0.2, 0) is 14.3 Å². The van der Waals surface area contributed by atoms with Crippen LogP contribution in [0.15, 0.2) is 0 Å². The van der Waals surface area contributed by atoms with Crippen molar-refractivity contribution < 1.29 is 19.4 Å². The number of rotatable bonds is 8. The first-order valence-electron chi connectivity index (χ1n) is 6.31. The molecule has 1 rings (SSSR count). The second-order valence-electron chi connectivity index (χ2n) is 4.66. The van der Waals surface area contributed by atoms with E-state index in [4.69, 9.17) is 9.84 Å². The molecule has 1 atom stereocenters. The van der Waals surface area contributed by atoms with Crippen molar-refractivity contribution >= 4 is 11.9 Å². The second kappa shape index (κ2) is 8.05.